The van der Waals surface area contributed by atoms with Crippen LogP contribution in [0.15, 0.2) is 42.0 Å². The molecule has 1 aliphatic heterocycles. The lowest BCUT2D eigenvalue weighted by Gasteiger charge is -2.35. The summed E-state index contributed by atoms with van der Waals surface area (Å²) in [5.41, 5.74) is 2.96. The lowest BCUT2D eigenvalue weighted by atomic mass is 9.88. The molecule has 2 aliphatic rings. The molecule has 0 saturated carbocycles. The summed E-state index contributed by atoms with van der Waals surface area (Å²) in [7, 11) is 0. The Morgan fingerprint density at radius 1 is 1.15 bits per heavy atom. The predicted octanol–water partition coefficient (Wildman–Crippen LogP) is 4.95. The summed E-state index contributed by atoms with van der Waals surface area (Å²) in [4.78, 5) is 2.57. The standard InChI is InChI=1S/C18H21ClN/c19-17-11-9-16(10-12-17)18(15-7-3-1-4-8-15)20-13-5-2-6-14-20/h5,7,9-12,18H,1,3-4,6,8,13-14H2. The first-order valence-electron chi connectivity index (χ1n) is 7.58. The Labute approximate surface area is 126 Å². The van der Waals surface area contributed by atoms with Crippen molar-refractivity contribution in [3.63, 3.8) is 0 Å². The molecular weight excluding hydrogens is 266 g/mol. The Balaban J connectivity index is 1.91. The van der Waals surface area contributed by atoms with Gasteiger partial charge in [0.15, 0.2) is 0 Å². The van der Waals surface area contributed by atoms with E-state index in [9.17, 15) is 0 Å². The molecule has 1 aromatic carbocycles. The van der Waals surface area contributed by atoms with Crippen LogP contribution < -0.4 is 0 Å². The maximum Gasteiger partial charge on any atom is 0.0564 e. The second-order valence-electron chi connectivity index (χ2n) is 5.63. The SMILES string of the molecule is Clc1ccc(C(C2=CCCCC2)N2CC=[C]CC2)cc1. The minimum absolute atomic E-state index is 0.422. The molecule has 105 valence electrons. The summed E-state index contributed by atoms with van der Waals surface area (Å²) in [6.07, 6.45) is 14.1. The van der Waals surface area contributed by atoms with Gasteiger partial charge in [-0.2, -0.15) is 0 Å². The Hall–Kier alpha value is -1.05. The van der Waals surface area contributed by atoms with Crippen LogP contribution >= 0.6 is 11.6 Å². The van der Waals surface area contributed by atoms with Crippen LogP contribution in [0.25, 0.3) is 0 Å². The number of halogens is 1. The molecule has 1 nitrogen and oxygen atoms in total. The molecule has 0 spiro atoms. The fourth-order valence-corrected chi connectivity index (χ4v) is 3.36. The molecule has 1 atom stereocenters. The van der Waals surface area contributed by atoms with Crippen molar-refractivity contribution in [3.8, 4) is 0 Å². The van der Waals surface area contributed by atoms with E-state index in [1.165, 1.54) is 31.2 Å². The topological polar surface area (TPSA) is 3.24 Å². The van der Waals surface area contributed by atoms with Crippen LogP contribution in [0.1, 0.15) is 43.7 Å². The van der Waals surface area contributed by atoms with Crippen molar-refractivity contribution in [1.82, 2.24) is 4.90 Å². The average molecular weight is 287 g/mol. The molecule has 0 N–H and O–H groups in total. The lowest BCUT2D eigenvalue weighted by molar-refractivity contribution is 0.235. The molecule has 3 rings (SSSR count). The van der Waals surface area contributed by atoms with Crippen LogP contribution in [0.2, 0.25) is 5.02 Å². The minimum atomic E-state index is 0.422. The smallest absolute Gasteiger partial charge is 0.0564 e. The molecule has 0 aromatic heterocycles. The third kappa shape index (κ3) is 3.16. The van der Waals surface area contributed by atoms with E-state index in [0.717, 1.165) is 24.5 Å². The van der Waals surface area contributed by atoms with Gasteiger partial charge in [0.2, 0.25) is 0 Å². The summed E-state index contributed by atoms with van der Waals surface area (Å²) in [6, 6.07) is 8.82. The van der Waals surface area contributed by atoms with Gasteiger partial charge in [0.1, 0.15) is 0 Å². The van der Waals surface area contributed by atoms with Crippen LogP contribution in [-0.4, -0.2) is 18.0 Å². The molecule has 1 heterocycles. The molecule has 1 unspecified atom stereocenters. The van der Waals surface area contributed by atoms with Gasteiger partial charge in [0, 0.05) is 18.1 Å². The van der Waals surface area contributed by atoms with Gasteiger partial charge in [-0.15, -0.1) is 0 Å². The normalized spacial score (nSPS) is 21.6. The van der Waals surface area contributed by atoms with E-state index in [4.69, 9.17) is 11.6 Å². The first kappa shape index (κ1) is 13.9. The van der Waals surface area contributed by atoms with Gasteiger partial charge in [-0.25, -0.2) is 0 Å². The highest BCUT2D eigenvalue weighted by atomic mass is 35.5. The Bertz CT molecular complexity index is 501. The van der Waals surface area contributed by atoms with E-state index in [0.29, 0.717) is 6.04 Å². The van der Waals surface area contributed by atoms with E-state index in [-0.39, 0.29) is 0 Å². The zero-order chi connectivity index (χ0) is 13.8. The number of benzene rings is 1. The van der Waals surface area contributed by atoms with Crippen molar-refractivity contribution >= 4 is 11.6 Å². The van der Waals surface area contributed by atoms with Crippen molar-refractivity contribution < 1.29 is 0 Å². The molecule has 20 heavy (non-hydrogen) atoms. The summed E-state index contributed by atoms with van der Waals surface area (Å²) >= 11 is 6.04. The van der Waals surface area contributed by atoms with Crippen molar-refractivity contribution in [2.75, 3.05) is 13.1 Å². The molecule has 0 bridgehead atoms. The first-order chi connectivity index (χ1) is 9.84. The first-order valence-corrected chi connectivity index (χ1v) is 7.96. The number of nitrogens with zero attached hydrogens (tertiary/aromatic N) is 1. The Morgan fingerprint density at radius 2 is 2.00 bits per heavy atom. The molecule has 0 saturated heterocycles. The van der Waals surface area contributed by atoms with E-state index in [2.05, 4.69) is 35.3 Å². The third-order valence-electron chi connectivity index (χ3n) is 4.24. The number of allylic oxidation sites excluding steroid dienone is 1. The van der Waals surface area contributed by atoms with E-state index in [1.54, 1.807) is 5.57 Å². The molecule has 0 amide bonds. The zero-order valence-electron chi connectivity index (χ0n) is 11.8. The molecule has 1 aliphatic carbocycles. The van der Waals surface area contributed by atoms with Gasteiger partial charge in [-0.05, 0) is 55.9 Å². The largest absolute Gasteiger partial charge is 0.289 e. The molecule has 0 fully saturated rings. The van der Waals surface area contributed by atoms with Gasteiger partial charge < -0.3 is 0 Å². The summed E-state index contributed by atoms with van der Waals surface area (Å²) in [6.45, 7) is 2.10. The average Bonchev–Trinajstić information content (AvgIpc) is 2.52. The number of hydrogen-bond acceptors (Lipinski definition) is 1. The second-order valence-corrected chi connectivity index (χ2v) is 6.07. The maximum atomic E-state index is 6.04. The van der Waals surface area contributed by atoms with E-state index < -0.39 is 0 Å². The monoisotopic (exact) mass is 286 g/mol. The number of hydrogen-bond donors (Lipinski definition) is 0. The van der Waals surface area contributed by atoms with Crippen LogP contribution in [0.4, 0.5) is 0 Å². The van der Waals surface area contributed by atoms with Crippen LogP contribution in [-0.2, 0) is 0 Å². The summed E-state index contributed by atoms with van der Waals surface area (Å²) < 4.78 is 0. The summed E-state index contributed by atoms with van der Waals surface area (Å²) in [5.74, 6) is 0. The van der Waals surface area contributed by atoms with Crippen molar-refractivity contribution in [2.45, 2.75) is 38.1 Å². The summed E-state index contributed by atoms with van der Waals surface area (Å²) in [5, 5.41) is 0.817. The minimum Gasteiger partial charge on any atom is -0.289 e. The Kier molecular flexibility index (Phi) is 4.59. The highest BCUT2D eigenvalue weighted by Gasteiger charge is 2.25. The van der Waals surface area contributed by atoms with Crippen molar-refractivity contribution in [3.05, 3.63) is 58.7 Å². The highest BCUT2D eigenvalue weighted by Crippen LogP contribution is 2.35. The van der Waals surface area contributed by atoms with Gasteiger partial charge in [0.05, 0.1) is 6.04 Å². The lowest BCUT2D eigenvalue weighted by Crippen LogP contribution is -2.33. The van der Waals surface area contributed by atoms with E-state index >= 15 is 0 Å². The van der Waals surface area contributed by atoms with Gasteiger partial charge in [-0.1, -0.05) is 41.5 Å². The quantitative estimate of drug-likeness (QED) is 0.711. The highest BCUT2D eigenvalue weighted by molar-refractivity contribution is 6.30. The van der Waals surface area contributed by atoms with Gasteiger partial charge in [0.25, 0.3) is 0 Å². The van der Waals surface area contributed by atoms with Crippen LogP contribution in [0.3, 0.4) is 0 Å². The Morgan fingerprint density at radius 3 is 2.65 bits per heavy atom. The van der Waals surface area contributed by atoms with Crippen molar-refractivity contribution in [1.29, 1.82) is 0 Å². The van der Waals surface area contributed by atoms with Crippen LogP contribution in [0.5, 0.6) is 0 Å². The molecule has 1 aromatic rings. The fraction of sp³-hybridized carbons (Fsp3) is 0.444. The third-order valence-corrected chi connectivity index (χ3v) is 4.49. The predicted molar refractivity (Wildman–Crippen MR) is 84.7 cm³/mol. The maximum absolute atomic E-state index is 6.04. The number of rotatable bonds is 3. The van der Waals surface area contributed by atoms with Crippen molar-refractivity contribution in [2.24, 2.45) is 0 Å². The fourth-order valence-electron chi connectivity index (χ4n) is 3.23. The van der Waals surface area contributed by atoms with Gasteiger partial charge >= 0.3 is 0 Å². The molecular formula is C18H21ClN. The van der Waals surface area contributed by atoms with E-state index in [1.807, 2.05) is 12.1 Å². The molecule has 2 heteroatoms. The molecule has 1 radical (unpaired) electrons. The van der Waals surface area contributed by atoms with Gasteiger partial charge in [-0.3, -0.25) is 4.90 Å². The second kappa shape index (κ2) is 6.60. The zero-order valence-corrected chi connectivity index (χ0v) is 12.6. The van der Waals surface area contributed by atoms with Crippen LogP contribution in [0, 0.1) is 6.08 Å².